The van der Waals surface area contributed by atoms with Crippen molar-refractivity contribution in [3.63, 3.8) is 0 Å². The minimum Gasteiger partial charge on any atom is -0.457 e. The lowest BCUT2D eigenvalue weighted by atomic mass is 10.1. The molecule has 0 aromatic heterocycles. The van der Waals surface area contributed by atoms with Crippen molar-refractivity contribution in [3.05, 3.63) is 85.0 Å². The van der Waals surface area contributed by atoms with Crippen LogP contribution in [0, 0.1) is 0 Å². The second kappa shape index (κ2) is 8.85. The number of para-hydroxylation sites is 2. The normalized spacial score (nSPS) is 11.8. The quantitative estimate of drug-likeness (QED) is 0.555. The van der Waals surface area contributed by atoms with Crippen LogP contribution in [0.4, 0.5) is 0 Å². The second-order valence-electron chi connectivity index (χ2n) is 4.92. The summed E-state index contributed by atoms with van der Waals surface area (Å²) < 4.78 is 10.6. The lowest BCUT2D eigenvalue weighted by molar-refractivity contribution is 0.473. The van der Waals surface area contributed by atoms with Crippen LogP contribution in [0.3, 0.4) is 0 Å². The second-order valence-corrected chi connectivity index (χ2v) is 4.92. The zero-order valence-corrected chi connectivity index (χ0v) is 12.8. The molecule has 0 N–H and O–H groups in total. The molecule has 0 unspecified atom stereocenters. The van der Waals surface area contributed by atoms with Crippen LogP contribution in [-0.2, 0) is 17.6 Å². The Morgan fingerprint density at radius 3 is 1.59 bits per heavy atom. The highest BCUT2D eigenvalue weighted by molar-refractivity contribution is 5.42. The van der Waals surface area contributed by atoms with Gasteiger partial charge in [-0.05, 0) is 36.1 Å². The van der Waals surface area contributed by atoms with Gasteiger partial charge in [0.05, 0.1) is 13.2 Å². The average Bonchev–Trinajstić information content (AvgIpc) is 3.40. The van der Waals surface area contributed by atoms with Crippen molar-refractivity contribution in [1.29, 1.82) is 0 Å². The van der Waals surface area contributed by atoms with Crippen molar-refractivity contribution in [2.75, 3.05) is 13.2 Å². The minimum absolute atomic E-state index is 0.805. The lowest BCUT2D eigenvalue weighted by Crippen LogP contribution is -1.93. The van der Waals surface area contributed by atoms with Crippen LogP contribution in [-0.4, -0.2) is 13.2 Å². The van der Waals surface area contributed by atoms with Gasteiger partial charge in [0.15, 0.2) is 0 Å². The van der Waals surface area contributed by atoms with E-state index in [1.54, 1.807) is 0 Å². The number of hydrogen-bond donors (Lipinski definition) is 0. The summed E-state index contributed by atoms with van der Waals surface area (Å²) in [5.74, 6) is 1.78. The van der Waals surface area contributed by atoms with E-state index in [1.165, 1.54) is 0 Å². The first-order valence-electron chi connectivity index (χ1n) is 7.48. The van der Waals surface area contributed by atoms with Gasteiger partial charge in [-0.1, -0.05) is 48.6 Å². The Kier molecular flexibility index (Phi) is 6.46. The molecule has 22 heavy (non-hydrogen) atoms. The van der Waals surface area contributed by atoms with Gasteiger partial charge in [0, 0.05) is 0 Å². The van der Waals surface area contributed by atoms with E-state index >= 15 is 0 Å². The van der Waals surface area contributed by atoms with Crippen molar-refractivity contribution >= 4 is 0 Å². The fraction of sp³-hybridized carbons (Fsp3) is 0.200. The third-order valence-corrected chi connectivity index (χ3v) is 3.10. The van der Waals surface area contributed by atoms with Gasteiger partial charge < -0.3 is 9.47 Å². The van der Waals surface area contributed by atoms with Crippen molar-refractivity contribution in [2.24, 2.45) is 0 Å². The molecule has 114 valence electrons. The summed E-state index contributed by atoms with van der Waals surface area (Å²) in [5.41, 5.74) is 2.29. The molecule has 0 radical (unpaired) electrons. The average molecular weight is 294 g/mol. The maximum absolute atomic E-state index is 6.05. The zero-order valence-electron chi connectivity index (χ0n) is 12.8. The first-order valence-corrected chi connectivity index (χ1v) is 7.48. The number of epoxide rings is 1. The highest BCUT2D eigenvalue weighted by Crippen LogP contribution is 2.28. The number of rotatable bonds is 6. The van der Waals surface area contributed by atoms with Gasteiger partial charge in [-0.2, -0.15) is 0 Å². The van der Waals surface area contributed by atoms with E-state index in [9.17, 15) is 0 Å². The van der Waals surface area contributed by atoms with Gasteiger partial charge in [-0.25, -0.2) is 0 Å². The molecule has 1 fully saturated rings. The summed E-state index contributed by atoms with van der Waals surface area (Å²) in [7, 11) is 0. The molecule has 0 atom stereocenters. The highest BCUT2D eigenvalue weighted by atomic mass is 16.6. The molecule has 2 aromatic rings. The van der Waals surface area contributed by atoms with E-state index in [2.05, 4.69) is 30.0 Å². The molecule has 3 rings (SSSR count). The Balaban J connectivity index is 0.000000523. The summed E-state index contributed by atoms with van der Waals surface area (Å²) in [6, 6.07) is 16.1. The summed E-state index contributed by atoms with van der Waals surface area (Å²) >= 11 is 0. The lowest BCUT2D eigenvalue weighted by Gasteiger charge is -2.12. The van der Waals surface area contributed by atoms with Crippen LogP contribution < -0.4 is 4.74 Å². The summed E-state index contributed by atoms with van der Waals surface area (Å²) in [5, 5.41) is 0. The minimum atomic E-state index is 0.805. The zero-order chi connectivity index (χ0) is 15.6. The molecule has 2 aromatic carbocycles. The molecule has 2 heteroatoms. The molecular formula is C20H22O2. The van der Waals surface area contributed by atoms with E-state index in [0.29, 0.717) is 0 Å². The number of benzene rings is 2. The Bertz CT molecular complexity index is 560. The molecule has 1 heterocycles. The molecule has 0 bridgehead atoms. The summed E-state index contributed by atoms with van der Waals surface area (Å²) in [4.78, 5) is 0. The highest BCUT2D eigenvalue weighted by Gasteiger charge is 2.06. The van der Waals surface area contributed by atoms with Crippen LogP contribution in [0.1, 0.15) is 11.1 Å². The third kappa shape index (κ3) is 5.23. The molecule has 2 nitrogen and oxygen atoms in total. The van der Waals surface area contributed by atoms with Crippen LogP contribution in [0.25, 0.3) is 0 Å². The molecule has 0 aliphatic carbocycles. The maximum atomic E-state index is 6.05. The molecule has 1 aliphatic rings. The Hall–Kier alpha value is -2.32. The maximum Gasteiger partial charge on any atom is 0.130 e. The summed E-state index contributed by atoms with van der Waals surface area (Å²) in [6.07, 6.45) is 5.38. The monoisotopic (exact) mass is 294 g/mol. The van der Waals surface area contributed by atoms with E-state index < -0.39 is 0 Å². The molecule has 0 amide bonds. The van der Waals surface area contributed by atoms with Gasteiger partial charge in [-0.15, -0.1) is 13.2 Å². The van der Waals surface area contributed by atoms with Gasteiger partial charge in [0.1, 0.15) is 11.5 Å². The molecule has 0 spiro atoms. The van der Waals surface area contributed by atoms with Gasteiger partial charge >= 0.3 is 0 Å². The smallest absolute Gasteiger partial charge is 0.130 e. The van der Waals surface area contributed by atoms with Gasteiger partial charge in [0.2, 0.25) is 0 Å². The van der Waals surface area contributed by atoms with Crippen molar-refractivity contribution < 1.29 is 9.47 Å². The SMILES string of the molecule is C1CO1.C=CCc1ccccc1Oc1ccccc1CC=C. The van der Waals surface area contributed by atoms with E-state index in [0.717, 1.165) is 48.7 Å². The first kappa shape index (κ1) is 16.1. The topological polar surface area (TPSA) is 21.8 Å². The number of hydrogen-bond acceptors (Lipinski definition) is 2. The predicted molar refractivity (Wildman–Crippen MR) is 91.6 cm³/mol. The molecule has 1 aliphatic heterocycles. The Morgan fingerprint density at radius 2 is 1.23 bits per heavy atom. The van der Waals surface area contributed by atoms with E-state index in [4.69, 9.17) is 4.74 Å². The number of ether oxygens (including phenoxy) is 2. The van der Waals surface area contributed by atoms with Crippen molar-refractivity contribution in [3.8, 4) is 11.5 Å². The fourth-order valence-corrected chi connectivity index (χ4v) is 1.97. The predicted octanol–water partition coefficient (Wildman–Crippen LogP) is 4.95. The van der Waals surface area contributed by atoms with Crippen LogP contribution in [0.2, 0.25) is 0 Å². The number of allylic oxidation sites excluding steroid dienone is 2. The standard InChI is InChI=1S/C18H18O.C2H4O/c1-3-9-15-11-5-7-13-17(15)19-18-14-8-6-12-16(18)10-4-2;1-2-3-1/h3-8,11-14H,1-2,9-10H2;1-2H2. The van der Waals surface area contributed by atoms with Gasteiger partial charge in [-0.3, -0.25) is 0 Å². The Labute approximate surface area is 132 Å². The van der Waals surface area contributed by atoms with Crippen LogP contribution >= 0.6 is 0 Å². The molecule has 0 saturated carbocycles. The van der Waals surface area contributed by atoms with Crippen molar-refractivity contribution in [2.45, 2.75) is 12.8 Å². The third-order valence-electron chi connectivity index (χ3n) is 3.10. The van der Waals surface area contributed by atoms with Crippen LogP contribution in [0.15, 0.2) is 73.8 Å². The fourth-order valence-electron chi connectivity index (χ4n) is 1.97. The largest absolute Gasteiger partial charge is 0.457 e. The van der Waals surface area contributed by atoms with E-state index in [-0.39, 0.29) is 0 Å². The summed E-state index contributed by atoms with van der Waals surface area (Å²) in [6.45, 7) is 9.56. The van der Waals surface area contributed by atoms with Gasteiger partial charge in [0.25, 0.3) is 0 Å². The molecule has 1 saturated heterocycles. The molecular weight excluding hydrogens is 272 g/mol. The first-order chi connectivity index (χ1) is 10.8. The Morgan fingerprint density at radius 1 is 0.818 bits per heavy atom. The van der Waals surface area contributed by atoms with E-state index in [1.807, 2.05) is 48.6 Å². The van der Waals surface area contributed by atoms with Crippen LogP contribution in [0.5, 0.6) is 11.5 Å². The van der Waals surface area contributed by atoms with Crippen molar-refractivity contribution in [1.82, 2.24) is 0 Å².